The maximum absolute atomic E-state index is 15.1. The van der Waals surface area contributed by atoms with Crippen molar-refractivity contribution in [1.82, 2.24) is 47.4 Å². The number of amides is 11. The molecule has 0 radical (unpaired) electrons. The number of aliphatic imine (C=N–C) groups is 2. The van der Waals surface area contributed by atoms with Gasteiger partial charge in [0.25, 0.3) is 0 Å². The number of rotatable bonds is 47. The van der Waals surface area contributed by atoms with Crippen LogP contribution in [0, 0.1) is 11.3 Å². The molecule has 0 fully saturated rings. The van der Waals surface area contributed by atoms with E-state index in [9.17, 15) is 48.3 Å². The number of hydrogen-bond donors (Lipinski definition) is 16. The number of phenolic OH excluding ortho intramolecular Hbond substituents is 1. The van der Waals surface area contributed by atoms with E-state index in [-0.39, 0.29) is 99.1 Å². The first-order chi connectivity index (χ1) is 49.5. The van der Waals surface area contributed by atoms with Crippen LogP contribution in [0.4, 0.5) is 0 Å². The normalized spacial score (nSPS) is 14.4. The first kappa shape index (κ1) is 87.2. The second kappa shape index (κ2) is 43.8. The average molecular weight is 1470 g/mol. The monoisotopic (exact) mass is 1460 g/mol. The van der Waals surface area contributed by atoms with Gasteiger partial charge in [-0.15, -0.1) is 0 Å². The molecule has 3 aromatic carbocycles. The van der Waals surface area contributed by atoms with Crippen LogP contribution in [-0.2, 0) is 75.1 Å². The molecule has 0 saturated carbocycles. The summed E-state index contributed by atoms with van der Waals surface area (Å²) in [6, 6.07) is 7.67. The zero-order chi connectivity index (χ0) is 78.0. The van der Waals surface area contributed by atoms with Crippen molar-refractivity contribution in [3.8, 4) is 5.75 Å². The van der Waals surface area contributed by atoms with E-state index in [0.29, 0.717) is 55.7 Å². The Morgan fingerprint density at radius 2 is 1.10 bits per heavy atom. The number of nitrogens with one attached hydrogen (secondary N) is 8. The summed E-state index contributed by atoms with van der Waals surface area (Å²) in [7, 11) is 1.29. The molecule has 578 valence electrons. The number of aromatic hydroxyl groups is 1. The fourth-order valence-electron chi connectivity index (χ4n) is 11.2. The van der Waals surface area contributed by atoms with E-state index < -0.39 is 133 Å². The molecule has 4 rings (SSSR count). The number of allylic oxidation sites excluding steroid dienone is 3. The molecule has 0 heterocycles. The quantitative estimate of drug-likeness (QED) is 0.0198. The van der Waals surface area contributed by atoms with Gasteiger partial charge in [0.05, 0.1) is 12.0 Å². The molecule has 0 aliphatic heterocycles. The van der Waals surface area contributed by atoms with Gasteiger partial charge in [-0.25, -0.2) is 0 Å². The fraction of sp³-hybridized carbons (Fsp3) is 0.548. The number of nitrogens with two attached hydrogens (primary N) is 7. The van der Waals surface area contributed by atoms with Gasteiger partial charge in [-0.2, -0.15) is 0 Å². The van der Waals surface area contributed by atoms with E-state index in [1.54, 1.807) is 24.3 Å². The summed E-state index contributed by atoms with van der Waals surface area (Å²) >= 11 is 0. The fourth-order valence-corrected chi connectivity index (χ4v) is 11.2. The third kappa shape index (κ3) is 33.0. The van der Waals surface area contributed by atoms with Crippen LogP contribution < -0.4 is 82.7 Å². The molecule has 1 aliphatic rings. The standard InChI is InChI=1S/C73H112N18O14/c1-44(2)35-55(65(99)89-57(37-46-17-10-9-11-18-46)67(101)86-53(22-15-33-82-71(79)80)69(103)91(8)45(3)63(97)85-52(21-14-32-81-70(77)78)64(98)87-54(62(76)96)40-59(75)93)88-68(102)58(39-48-23-26-49-19-12-13-20-50(49)36-48)90-66(100)56(38-47-24-27-51(92)28-25-47)84-61(95)42-104-41-60(94)83-43-72(4,5)30-34-105-73(6,7)29-16-31-74/h10,12-13,17-20,23-28,36,44-45,52-58,92H,9,11,14-16,21-22,29-35,37-43,74H2,1-8H3,(H2,75,93)(H2,76,96)(H,83,94)(H,84,95)(H,85,97)(H,86,101)(H,87,98)(H,88,102)(H,89,99)(H,90,100)(H4,77,78,81)(H4,79,80,82). The molecule has 11 amide bonds. The van der Waals surface area contributed by atoms with Crippen LogP contribution in [0.3, 0.4) is 0 Å². The van der Waals surface area contributed by atoms with Crippen LogP contribution in [0.5, 0.6) is 5.75 Å². The van der Waals surface area contributed by atoms with Crippen LogP contribution in [0.1, 0.15) is 137 Å². The van der Waals surface area contributed by atoms with E-state index in [4.69, 9.17) is 49.6 Å². The number of benzene rings is 3. The number of primary amides is 2. The Bertz CT molecular complexity index is 3550. The first-order valence-electron chi connectivity index (χ1n) is 35.4. The molecule has 0 saturated heterocycles. The minimum absolute atomic E-state index is 0.00825. The molecule has 8 atom stereocenters. The molecule has 0 aromatic heterocycles. The van der Waals surface area contributed by atoms with Crippen molar-refractivity contribution >= 4 is 87.7 Å². The summed E-state index contributed by atoms with van der Waals surface area (Å²) in [6.07, 6.45) is 8.22. The lowest BCUT2D eigenvalue weighted by molar-refractivity contribution is -0.142. The van der Waals surface area contributed by atoms with E-state index in [1.807, 2.05) is 90.1 Å². The Labute approximate surface area is 614 Å². The first-order valence-corrected chi connectivity index (χ1v) is 35.4. The van der Waals surface area contributed by atoms with Gasteiger partial charge in [-0.1, -0.05) is 101 Å². The number of ether oxygens (including phenoxy) is 2. The van der Waals surface area contributed by atoms with Crippen LogP contribution in [-0.4, -0.2) is 194 Å². The summed E-state index contributed by atoms with van der Waals surface area (Å²) in [6.45, 7) is 13.2. The number of fused-ring (bicyclic) bond motifs is 1. The smallest absolute Gasteiger partial charge is 0.246 e. The van der Waals surface area contributed by atoms with Gasteiger partial charge >= 0.3 is 0 Å². The Kier molecular flexibility index (Phi) is 36.4. The highest BCUT2D eigenvalue weighted by molar-refractivity contribution is 5.99. The Morgan fingerprint density at radius 1 is 0.581 bits per heavy atom. The lowest BCUT2D eigenvalue weighted by Crippen LogP contribution is -2.60. The number of carbonyl (C=O) groups is 11. The summed E-state index contributed by atoms with van der Waals surface area (Å²) in [5, 5.41) is 33.6. The van der Waals surface area contributed by atoms with E-state index in [2.05, 4.69) is 52.5 Å². The number of guanidine groups is 2. The summed E-state index contributed by atoms with van der Waals surface area (Å²) < 4.78 is 11.7. The van der Waals surface area contributed by atoms with Crippen LogP contribution >= 0.6 is 0 Å². The molecule has 8 unspecified atom stereocenters. The molecule has 0 spiro atoms. The van der Waals surface area contributed by atoms with E-state index in [1.165, 1.54) is 26.1 Å². The second-order valence-corrected chi connectivity index (χ2v) is 28.1. The number of carbonyl (C=O) groups excluding carboxylic acids is 11. The molecule has 32 nitrogen and oxygen atoms in total. The van der Waals surface area contributed by atoms with Gasteiger partial charge in [-0.3, -0.25) is 62.7 Å². The van der Waals surface area contributed by atoms with E-state index >= 15 is 9.59 Å². The SMILES string of the molecule is CC(C)CC(NC(=O)C(Cc1ccc2ccccc2c1)NC(=O)C(Cc1ccc(O)cc1)NC(=O)COCC(=O)NCC(C)(C)CCOC(C)(C)CCCN)C(=O)NC(CC1=CCCC=C1)C(=O)NC(CCCN=C(N)N)C(=O)N(C)C(C)C(=O)NC(CCCN=C(N)N)C(=O)NC(CC(N)=O)C(N)=O. The maximum Gasteiger partial charge on any atom is 0.246 e. The van der Waals surface area contributed by atoms with Crippen molar-refractivity contribution in [2.45, 2.75) is 192 Å². The highest BCUT2D eigenvalue weighted by Gasteiger charge is 2.37. The van der Waals surface area contributed by atoms with Gasteiger partial charge in [-0.05, 0) is 142 Å². The minimum Gasteiger partial charge on any atom is -0.508 e. The van der Waals surface area contributed by atoms with Gasteiger partial charge < -0.3 is 102 Å². The van der Waals surface area contributed by atoms with Crippen molar-refractivity contribution in [2.24, 2.45) is 61.5 Å². The van der Waals surface area contributed by atoms with Crippen LogP contribution in [0.2, 0.25) is 0 Å². The summed E-state index contributed by atoms with van der Waals surface area (Å²) in [5.74, 6) is -9.93. The Balaban J connectivity index is 1.64. The number of likely N-dealkylation sites (N-methyl/N-ethyl adjacent to an activating group) is 1. The maximum atomic E-state index is 15.1. The number of phenols is 1. The van der Waals surface area contributed by atoms with Gasteiger partial charge in [0.2, 0.25) is 65.0 Å². The van der Waals surface area contributed by atoms with E-state index in [0.717, 1.165) is 28.5 Å². The summed E-state index contributed by atoms with van der Waals surface area (Å²) in [5.41, 5.74) is 39.7. The van der Waals surface area contributed by atoms with Crippen molar-refractivity contribution in [2.75, 3.05) is 53.0 Å². The Hall–Kier alpha value is -10.2. The third-order valence-corrected chi connectivity index (χ3v) is 17.4. The summed E-state index contributed by atoms with van der Waals surface area (Å²) in [4.78, 5) is 162. The molecule has 1 aliphatic carbocycles. The van der Waals surface area contributed by atoms with Gasteiger partial charge in [0, 0.05) is 52.6 Å². The molecule has 105 heavy (non-hydrogen) atoms. The molecule has 32 heteroatoms. The van der Waals surface area contributed by atoms with Crippen molar-refractivity contribution in [3.63, 3.8) is 0 Å². The van der Waals surface area contributed by atoms with Crippen LogP contribution in [0.25, 0.3) is 10.8 Å². The second-order valence-electron chi connectivity index (χ2n) is 28.1. The minimum atomic E-state index is -1.53. The molecule has 0 bridgehead atoms. The van der Waals surface area contributed by atoms with Gasteiger partial charge in [0.15, 0.2) is 11.9 Å². The van der Waals surface area contributed by atoms with Crippen molar-refractivity contribution in [1.29, 1.82) is 0 Å². The zero-order valence-electron chi connectivity index (χ0n) is 61.8. The predicted octanol–water partition coefficient (Wildman–Crippen LogP) is -0.165. The molecular formula is C73H112N18O14. The lowest BCUT2D eigenvalue weighted by Gasteiger charge is -2.31. The molecule has 3 aromatic rings. The highest BCUT2D eigenvalue weighted by atomic mass is 16.5. The highest BCUT2D eigenvalue weighted by Crippen LogP contribution is 2.24. The zero-order valence-corrected chi connectivity index (χ0v) is 61.8. The third-order valence-electron chi connectivity index (χ3n) is 17.4. The lowest BCUT2D eigenvalue weighted by atomic mass is 9.89. The number of nitrogens with zero attached hydrogens (tertiary/aromatic N) is 3. The van der Waals surface area contributed by atoms with Crippen LogP contribution in [0.15, 0.2) is 101 Å². The number of hydrogen-bond acceptors (Lipinski definition) is 17. The van der Waals surface area contributed by atoms with Gasteiger partial charge in [0.1, 0.15) is 67.3 Å². The molecular weight excluding hydrogens is 1350 g/mol. The average Bonchev–Trinajstić information content (AvgIpc) is 0.834. The molecule has 23 N–H and O–H groups in total. The predicted molar refractivity (Wildman–Crippen MR) is 399 cm³/mol. The Morgan fingerprint density at radius 3 is 1.69 bits per heavy atom. The topological polar surface area (TPSA) is 533 Å². The van der Waals surface area contributed by atoms with Crippen molar-refractivity contribution < 1.29 is 67.3 Å². The largest absolute Gasteiger partial charge is 0.508 e. The van der Waals surface area contributed by atoms with Crippen molar-refractivity contribution in [3.05, 3.63) is 102 Å².